The monoisotopic (exact) mass is 273 g/mol. The van der Waals surface area contributed by atoms with E-state index in [2.05, 4.69) is 10.3 Å². The average Bonchev–Trinajstić information content (AvgIpc) is 2.78. The highest BCUT2D eigenvalue weighted by Crippen LogP contribution is 2.27. The van der Waals surface area contributed by atoms with Gasteiger partial charge in [-0.1, -0.05) is 22.9 Å². The third-order valence-electron chi connectivity index (χ3n) is 2.24. The van der Waals surface area contributed by atoms with Gasteiger partial charge in [-0.25, -0.2) is 4.98 Å². The van der Waals surface area contributed by atoms with Crippen molar-refractivity contribution < 1.29 is 9.47 Å². The van der Waals surface area contributed by atoms with Crippen LogP contribution in [0.2, 0.25) is 5.15 Å². The minimum absolute atomic E-state index is 0.0155. The molecule has 5 nitrogen and oxygen atoms in total. The number of halogens is 1. The Labute approximate surface area is 108 Å². The third-order valence-corrected chi connectivity index (χ3v) is 3.54. The van der Waals surface area contributed by atoms with E-state index in [1.54, 1.807) is 0 Å². The van der Waals surface area contributed by atoms with Gasteiger partial charge in [0.1, 0.15) is 17.1 Å². The van der Waals surface area contributed by atoms with Crippen LogP contribution in [-0.4, -0.2) is 30.0 Å². The largest absolute Gasteiger partial charge is 0.359 e. The van der Waals surface area contributed by atoms with Gasteiger partial charge < -0.3 is 14.8 Å². The minimum atomic E-state index is -0.523. The predicted molar refractivity (Wildman–Crippen MR) is 65.2 cm³/mol. The molecule has 1 aliphatic heterocycles. The molecule has 1 aromatic rings. The van der Waals surface area contributed by atoms with Gasteiger partial charge in [-0.05, 0) is 13.8 Å². The number of ether oxygens (including phenoxy) is 2. The molecule has 1 fully saturated rings. The number of aromatic nitrogens is 1. The van der Waals surface area contributed by atoms with Gasteiger partial charge in [0.15, 0.2) is 16.1 Å². The highest BCUT2D eigenvalue weighted by molar-refractivity contribution is 7.16. The molecule has 0 amide bonds. The van der Waals surface area contributed by atoms with Gasteiger partial charge >= 0.3 is 0 Å². The summed E-state index contributed by atoms with van der Waals surface area (Å²) in [4.78, 5) is 4.45. The van der Waals surface area contributed by atoms with Crippen molar-refractivity contribution in [2.24, 2.45) is 0 Å². The van der Waals surface area contributed by atoms with Crippen LogP contribution in [0.1, 0.15) is 18.7 Å². The fourth-order valence-corrected chi connectivity index (χ4v) is 2.46. The summed E-state index contributed by atoms with van der Waals surface area (Å²) >= 11 is 7.00. The van der Waals surface area contributed by atoms with Crippen LogP contribution in [0.3, 0.4) is 0 Å². The van der Waals surface area contributed by atoms with Crippen molar-refractivity contribution >= 4 is 28.1 Å². The molecule has 1 saturated heterocycles. The summed E-state index contributed by atoms with van der Waals surface area (Å²) in [6, 6.07) is 1.98. The first kappa shape index (κ1) is 12.6. The first-order valence-corrected chi connectivity index (χ1v) is 6.32. The smallest absolute Gasteiger partial charge is 0.185 e. The topological polar surface area (TPSA) is 67.2 Å². The summed E-state index contributed by atoms with van der Waals surface area (Å²) in [7, 11) is 0. The van der Waals surface area contributed by atoms with Crippen LogP contribution in [0, 0.1) is 11.3 Å². The highest BCUT2D eigenvalue weighted by Gasteiger charge is 2.32. The van der Waals surface area contributed by atoms with E-state index in [1.807, 2.05) is 19.9 Å². The lowest BCUT2D eigenvalue weighted by molar-refractivity contribution is -0.136. The number of thiazole rings is 1. The van der Waals surface area contributed by atoms with Gasteiger partial charge in [0, 0.05) is 6.54 Å². The molecule has 0 saturated carbocycles. The maximum atomic E-state index is 8.74. The Bertz CT molecular complexity index is 455. The van der Waals surface area contributed by atoms with E-state index >= 15 is 0 Å². The van der Waals surface area contributed by atoms with Crippen molar-refractivity contribution in [1.82, 2.24) is 4.98 Å². The Hall–Kier alpha value is -0.870. The third kappa shape index (κ3) is 3.07. The molecule has 0 spiro atoms. The van der Waals surface area contributed by atoms with Gasteiger partial charge in [-0.15, -0.1) is 0 Å². The number of hydrogen-bond acceptors (Lipinski definition) is 6. The average molecular weight is 274 g/mol. The molecule has 1 atom stereocenters. The molecule has 0 radical (unpaired) electrons. The first-order valence-electron chi connectivity index (χ1n) is 5.12. The standard InChI is InChI=1S/C10H12ClN3O2S/c1-10(2)15-5-6(16-10)4-13-9-14-8(11)7(3-12)17-9/h6H,4-5H2,1-2H3,(H,13,14). The Kier molecular flexibility index (Phi) is 3.54. The van der Waals surface area contributed by atoms with Crippen molar-refractivity contribution in [2.45, 2.75) is 25.7 Å². The van der Waals surface area contributed by atoms with E-state index in [4.69, 9.17) is 26.3 Å². The summed E-state index contributed by atoms with van der Waals surface area (Å²) in [5, 5.41) is 12.7. The van der Waals surface area contributed by atoms with Gasteiger partial charge in [-0.3, -0.25) is 0 Å². The number of rotatable bonds is 3. The zero-order valence-corrected chi connectivity index (χ0v) is 11.1. The van der Waals surface area contributed by atoms with E-state index in [0.717, 1.165) is 0 Å². The van der Waals surface area contributed by atoms with E-state index in [-0.39, 0.29) is 11.3 Å². The van der Waals surface area contributed by atoms with Crippen LogP contribution in [0.5, 0.6) is 0 Å². The minimum Gasteiger partial charge on any atom is -0.359 e. The second kappa shape index (κ2) is 4.78. The molecular weight excluding hydrogens is 262 g/mol. The lowest BCUT2D eigenvalue weighted by atomic mass is 10.4. The number of nitrogens with one attached hydrogen (secondary N) is 1. The molecule has 1 aliphatic rings. The van der Waals surface area contributed by atoms with Gasteiger partial charge in [0.05, 0.1) is 6.61 Å². The Morgan fingerprint density at radius 3 is 3.00 bits per heavy atom. The summed E-state index contributed by atoms with van der Waals surface area (Å²) in [5.74, 6) is -0.523. The molecule has 17 heavy (non-hydrogen) atoms. The van der Waals surface area contributed by atoms with E-state index in [9.17, 15) is 0 Å². The zero-order valence-electron chi connectivity index (χ0n) is 9.49. The van der Waals surface area contributed by atoms with E-state index in [0.29, 0.717) is 23.2 Å². The fourth-order valence-electron chi connectivity index (χ4n) is 1.51. The second-order valence-electron chi connectivity index (χ2n) is 4.08. The number of hydrogen-bond donors (Lipinski definition) is 1. The number of nitriles is 1. The second-order valence-corrected chi connectivity index (χ2v) is 5.44. The number of nitrogens with zero attached hydrogens (tertiary/aromatic N) is 2. The first-order chi connectivity index (χ1) is 8.00. The lowest BCUT2D eigenvalue weighted by Crippen LogP contribution is -2.25. The predicted octanol–water partition coefficient (Wildman–Crippen LogP) is 2.23. The van der Waals surface area contributed by atoms with Crippen LogP contribution in [0.4, 0.5) is 5.13 Å². The zero-order chi connectivity index (χ0) is 12.5. The molecule has 92 valence electrons. The molecule has 1 aromatic heterocycles. The van der Waals surface area contributed by atoms with Crippen LogP contribution >= 0.6 is 22.9 Å². The summed E-state index contributed by atoms with van der Waals surface area (Å²) in [6.45, 7) is 4.88. The molecule has 0 bridgehead atoms. The van der Waals surface area contributed by atoms with Crippen molar-refractivity contribution in [2.75, 3.05) is 18.5 Å². The maximum absolute atomic E-state index is 8.74. The summed E-state index contributed by atoms with van der Waals surface area (Å²) in [5.41, 5.74) is 0. The van der Waals surface area contributed by atoms with Crippen molar-refractivity contribution in [3.05, 3.63) is 10.0 Å². The van der Waals surface area contributed by atoms with Crippen LogP contribution in [-0.2, 0) is 9.47 Å². The van der Waals surface area contributed by atoms with E-state index in [1.165, 1.54) is 11.3 Å². The van der Waals surface area contributed by atoms with Crippen LogP contribution in [0.15, 0.2) is 0 Å². The lowest BCUT2D eigenvalue weighted by Gasteiger charge is -2.17. The number of anilines is 1. The van der Waals surface area contributed by atoms with Crippen molar-refractivity contribution in [3.63, 3.8) is 0 Å². The fraction of sp³-hybridized carbons (Fsp3) is 0.600. The molecule has 0 aliphatic carbocycles. The Morgan fingerprint density at radius 2 is 2.47 bits per heavy atom. The van der Waals surface area contributed by atoms with E-state index < -0.39 is 5.79 Å². The van der Waals surface area contributed by atoms with Gasteiger partial charge in [0.25, 0.3) is 0 Å². The van der Waals surface area contributed by atoms with Crippen LogP contribution < -0.4 is 5.32 Å². The molecule has 7 heteroatoms. The Balaban J connectivity index is 1.88. The van der Waals surface area contributed by atoms with Crippen molar-refractivity contribution in [1.29, 1.82) is 5.26 Å². The molecule has 2 heterocycles. The quantitative estimate of drug-likeness (QED) is 0.915. The molecule has 0 aromatic carbocycles. The summed E-state index contributed by atoms with van der Waals surface area (Å²) < 4.78 is 11.1. The Morgan fingerprint density at radius 1 is 1.71 bits per heavy atom. The van der Waals surface area contributed by atoms with Gasteiger partial charge in [0.2, 0.25) is 0 Å². The van der Waals surface area contributed by atoms with Crippen molar-refractivity contribution in [3.8, 4) is 6.07 Å². The molecule has 1 N–H and O–H groups in total. The molecule has 2 rings (SSSR count). The maximum Gasteiger partial charge on any atom is 0.185 e. The summed E-state index contributed by atoms with van der Waals surface area (Å²) in [6.07, 6.45) is -0.0155. The molecular formula is C10H12ClN3O2S. The SMILES string of the molecule is CC1(C)OCC(CNc2nc(Cl)c(C#N)s2)O1. The highest BCUT2D eigenvalue weighted by atomic mass is 35.5. The molecule has 1 unspecified atom stereocenters. The normalized spacial score (nSPS) is 22.4. The van der Waals surface area contributed by atoms with Crippen LogP contribution in [0.25, 0.3) is 0 Å². The van der Waals surface area contributed by atoms with Gasteiger partial charge in [-0.2, -0.15) is 5.26 Å².